The van der Waals surface area contributed by atoms with Gasteiger partial charge in [-0.3, -0.25) is 4.79 Å². The third-order valence-electron chi connectivity index (χ3n) is 4.72. The molecule has 1 atom stereocenters. The van der Waals surface area contributed by atoms with E-state index in [1.54, 1.807) is 0 Å². The quantitative estimate of drug-likeness (QED) is 0.665. The fraction of sp³-hybridized carbons (Fsp3) is 0.632. The largest absolute Gasteiger partial charge is 0.480 e. The predicted octanol–water partition coefficient (Wildman–Crippen LogP) is 2.55. The summed E-state index contributed by atoms with van der Waals surface area (Å²) in [5.74, 6) is -3.85. The molecule has 28 heavy (non-hydrogen) atoms. The van der Waals surface area contributed by atoms with Crippen LogP contribution in [0.1, 0.15) is 43.6 Å². The van der Waals surface area contributed by atoms with Gasteiger partial charge in [-0.05, 0) is 43.2 Å². The lowest BCUT2D eigenvalue weighted by molar-refractivity contribution is -0.139. The van der Waals surface area contributed by atoms with E-state index in [0.29, 0.717) is 18.2 Å². The molecule has 1 aliphatic carbocycles. The van der Waals surface area contributed by atoms with Crippen molar-refractivity contribution in [2.45, 2.75) is 45.1 Å². The second-order valence-corrected chi connectivity index (χ2v) is 7.98. The number of nitrogens with one attached hydrogen (secondary N) is 1. The summed E-state index contributed by atoms with van der Waals surface area (Å²) >= 11 is 0. The number of alkyl halides is 2. The Morgan fingerprint density at radius 1 is 1.36 bits per heavy atom. The maximum atomic E-state index is 13.2. The number of hydrogen-bond acceptors (Lipinski definition) is 5. The lowest BCUT2D eigenvalue weighted by atomic mass is 10.0. The highest BCUT2D eigenvalue weighted by Gasteiger charge is 2.45. The molecule has 0 bridgehead atoms. The van der Waals surface area contributed by atoms with Crippen LogP contribution in [0.5, 0.6) is 5.88 Å². The lowest BCUT2D eigenvalue weighted by Crippen LogP contribution is -2.56. The number of ether oxygens (including phenoxy) is 1. The molecule has 154 valence electrons. The van der Waals surface area contributed by atoms with Crippen molar-refractivity contribution in [2.24, 2.45) is 11.8 Å². The molecule has 0 aromatic carbocycles. The van der Waals surface area contributed by atoms with Crippen LogP contribution in [-0.4, -0.2) is 53.6 Å². The number of aromatic nitrogens is 1. The van der Waals surface area contributed by atoms with Gasteiger partial charge in [-0.25, -0.2) is 18.6 Å². The highest BCUT2D eigenvalue weighted by atomic mass is 19.3. The number of carboxylic acids is 1. The van der Waals surface area contributed by atoms with Crippen molar-refractivity contribution in [3.05, 3.63) is 17.8 Å². The van der Waals surface area contributed by atoms with E-state index in [4.69, 9.17) is 4.74 Å². The second kappa shape index (κ2) is 7.89. The van der Waals surface area contributed by atoms with Crippen molar-refractivity contribution in [3.8, 4) is 5.88 Å². The summed E-state index contributed by atoms with van der Waals surface area (Å²) in [4.78, 5) is 29.5. The summed E-state index contributed by atoms with van der Waals surface area (Å²) in [6, 6.07) is 1.90. The van der Waals surface area contributed by atoms with Crippen molar-refractivity contribution in [2.75, 3.05) is 24.6 Å². The minimum atomic E-state index is -2.74. The third kappa shape index (κ3) is 5.08. The summed E-state index contributed by atoms with van der Waals surface area (Å²) < 4.78 is 32.2. The number of rotatable bonds is 9. The molecule has 0 radical (unpaired) electrons. The number of carbonyl (C=O) groups is 2. The van der Waals surface area contributed by atoms with Crippen molar-refractivity contribution >= 4 is 17.6 Å². The van der Waals surface area contributed by atoms with Gasteiger partial charge in [0, 0.05) is 0 Å². The van der Waals surface area contributed by atoms with Crippen molar-refractivity contribution < 1.29 is 28.2 Å². The Morgan fingerprint density at radius 2 is 2.04 bits per heavy atom. The monoisotopic (exact) mass is 397 g/mol. The maximum absolute atomic E-state index is 13.2. The summed E-state index contributed by atoms with van der Waals surface area (Å²) in [6.07, 6.45) is 2.38. The standard InChI is InChI=1S/C19H25F2N3O4/c1-11(2)7-14(18(26)27)22-16(25)13-5-6-15(24-9-19(20,21)10-24)17(23-13)28-8-12-3-4-12/h5-6,11-12,14H,3-4,7-10H2,1-2H3,(H,22,25)(H,26,27). The van der Waals surface area contributed by atoms with Gasteiger partial charge >= 0.3 is 5.97 Å². The number of hydrogen-bond donors (Lipinski definition) is 2. The summed E-state index contributed by atoms with van der Waals surface area (Å²) in [7, 11) is 0. The van der Waals surface area contributed by atoms with Gasteiger partial charge in [0.25, 0.3) is 11.8 Å². The van der Waals surface area contributed by atoms with E-state index in [9.17, 15) is 23.5 Å². The van der Waals surface area contributed by atoms with Crippen LogP contribution < -0.4 is 15.0 Å². The van der Waals surface area contributed by atoms with Gasteiger partial charge in [0.15, 0.2) is 0 Å². The molecule has 2 heterocycles. The van der Waals surface area contributed by atoms with E-state index in [1.165, 1.54) is 17.0 Å². The smallest absolute Gasteiger partial charge is 0.326 e. The molecule has 1 aliphatic heterocycles. The summed E-state index contributed by atoms with van der Waals surface area (Å²) in [5.41, 5.74) is 0.414. The number of aliphatic carboxylic acids is 1. The van der Waals surface area contributed by atoms with Crippen LogP contribution >= 0.6 is 0 Å². The Labute approximate surface area is 162 Å². The maximum Gasteiger partial charge on any atom is 0.326 e. The molecule has 1 saturated heterocycles. The number of halogens is 2. The molecule has 1 saturated carbocycles. The highest BCUT2D eigenvalue weighted by molar-refractivity contribution is 5.95. The second-order valence-electron chi connectivity index (χ2n) is 7.98. The van der Waals surface area contributed by atoms with Gasteiger partial charge < -0.3 is 20.1 Å². The van der Waals surface area contributed by atoms with Gasteiger partial charge in [-0.15, -0.1) is 0 Å². The SMILES string of the molecule is CC(C)CC(NC(=O)c1ccc(N2CC(F)(F)C2)c(OCC2CC2)n1)C(=O)O. The molecule has 0 spiro atoms. The topological polar surface area (TPSA) is 91.8 Å². The van der Waals surface area contributed by atoms with Crippen LogP contribution in [0.4, 0.5) is 14.5 Å². The lowest BCUT2D eigenvalue weighted by Gasteiger charge is -2.40. The van der Waals surface area contributed by atoms with Gasteiger partial charge in [0.05, 0.1) is 19.7 Å². The first kappa shape index (κ1) is 20.3. The van der Waals surface area contributed by atoms with Gasteiger partial charge in [-0.2, -0.15) is 0 Å². The number of anilines is 1. The van der Waals surface area contributed by atoms with Crippen LogP contribution in [0, 0.1) is 11.8 Å². The number of carbonyl (C=O) groups excluding carboxylic acids is 1. The Hall–Kier alpha value is -2.45. The zero-order chi connectivity index (χ0) is 20.5. The first-order chi connectivity index (χ1) is 13.1. The first-order valence-corrected chi connectivity index (χ1v) is 9.45. The molecule has 2 fully saturated rings. The minimum absolute atomic E-state index is 0.00293. The van der Waals surface area contributed by atoms with Crippen LogP contribution in [0.15, 0.2) is 12.1 Å². The van der Waals surface area contributed by atoms with E-state index >= 15 is 0 Å². The Kier molecular flexibility index (Phi) is 5.71. The molecule has 9 heteroatoms. The Balaban J connectivity index is 1.75. The van der Waals surface area contributed by atoms with E-state index in [1.807, 2.05) is 13.8 Å². The Bertz CT molecular complexity index is 745. The molecule has 2 N–H and O–H groups in total. The van der Waals surface area contributed by atoms with Crippen LogP contribution in [-0.2, 0) is 4.79 Å². The number of amides is 1. The molecule has 3 rings (SSSR count). The van der Waals surface area contributed by atoms with E-state index in [-0.39, 0.29) is 23.9 Å². The molecule has 1 aromatic rings. The van der Waals surface area contributed by atoms with E-state index < -0.39 is 36.9 Å². The Morgan fingerprint density at radius 3 is 2.57 bits per heavy atom. The number of pyridine rings is 1. The summed E-state index contributed by atoms with van der Waals surface area (Å²) in [5, 5.41) is 11.8. The molecule has 1 amide bonds. The molecular formula is C19H25F2N3O4. The molecule has 1 unspecified atom stereocenters. The summed E-state index contributed by atoms with van der Waals surface area (Å²) in [6.45, 7) is 3.30. The van der Waals surface area contributed by atoms with Crippen molar-refractivity contribution in [1.82, 2.24) is 10.3 Å². The van der Waals surface area contributed by atoms with Gasteiger partial charge in [0.1, 0.15) is 17.4 Å². The van der Waals surface area contributed by atoms with Gasteiger partial charge in [0.2, 0.25) is 5.88 Å². The third-order valence-corrected chi connectivity index (χ3v) is 4.72. The molecule has 2 aliphatic rings. The molecular weight excluding hydrogens is 372 g/mol. The van der Waals surface area contributed by atoms with Crippen molar-refractivity contribution in [3.63, 3.8) is 0 Å². The zero-order valence-corrected chi connectivity index (χ0v) is 16.0. The fourth-order valence-electron chi connectivity index (χ4n) is 3.00. The predicted molar refractivity (Wildman–Crippen MR) is 98.0 cm³/mol. The van der Waals surface area contributed by atoms with E-state index in [2.05, 4.69) is 10.3 Å². The average molecular weight is 397 g/mol. The molecule has 7 nitrogen and oxygen atoms in total. The molecule has 1 aromatic heterocycles. The van der Waals surface area contributed by atoms with Crippen LogP contribution in [0.3, 0.4) is 0 Å². The minimum Gasteiger partial charge on any atom is -0.480 e. The van der Waals surface area contributed by atoms with Crippen LogP contribution in [0.25, 0.3) is 0 Å². The van der Waals surface area contributed by atoms with Crippen molar-refractivity contribution in [1.29, 1.82) is 0 Å². The average Bonchev–Trinajstić information content (AvgIpc) is 3.40. The van der Waals surface area contributed by atoms with Crippen LogP contribution in [0.2, 0.25) is 0 Å². The highest BCUT2D eigenvalue weighted by Crippen LogP contribution is 2.37. The van der Waals surface area contributed by atoms with Gasteiger partial charge in [-0.1, -0.05) is 13.8 Å². The first-order valence-electron chi connectivity index (χ1n) is 9.45. The zero-order valence-electron chi connectivity index (χ0n) is 16.0. The number of nitrogens with zero attached hydrogens (tertiary/aromatic N) is 2. The normalized spacial score (nSPS) is 19.1. The number of carboxylic acid groups (broad SMARTS) is 1. The van der Waals surface area contributed by atoms with E-state index in [0.717, 1.165) is 12.8 Å². The fourth-order valence-corrected chi connectivity index (χ4v) is 3.00.